The number of ether oxygens (including phenoxy) is 3. The number of carbonyl (C=O) groups excluding carboxylic acids is 2. The molecule has 0 aliphatic carbocycles. The molecule has 0 aromatic heterocycles. The Hall–Kier alpha value is -3.02. The molecule has 0 saturated heterocycles. The van der Waals surface area contributed by atoms with Crippen molar-refractivity contribution in [2.75, 3.05) is 19.1 Å². The van der Waals surface area contributed by atoms with E-state index >= 15 is 0 Å². The summed E-state index contributed by atoms with van der Waals surface area (Å²) in [5.74, 6) is 0.0395. The molecule has 0 spiro atoms. The van der Waals surface area contributed by atoms with Crippen molar-refractivity contribution in [3.8, 4) is 11.5 Å². The number of rotatable bonds is 5. The van der Waals surface area contributed by atoms with Crippen LogP contribution in [0.2, 0.25) is 0 Å². The summed E-state index contributed by atoms with van der Waals surface area (Å²) in [5.41, 5.74) is 2.24. The van der Waals surface area contributed by atoms with E-state index in [2.05, 4.69) is 0 Å². The number of nitrogens with zero attached hydrogens (tertiary/aromatic N) is 1. The molecule has 6 heteroatoms. The second-order valence-corrected chi connectivity index (χ2v) is 6.50. The van der Waals surface area contributed by atoms with Gasteiger partial charge in [0.05, 0.1) is 14.2 Å². The molecule has 1 aliphatic rings. The number of carbonyl (C=O) groups is 2. The predicted octanol–water partition coefficient (Wildman–Crippen LogP) is 3.23. The second-order valence-electron chi connectivity index (χ2n) is 6.50. The highest BCUT2D eigenvalue weighted by molar-refractivity contribution is 6.01. The topological polar surface area (TPSA) is 65.1 Å². The zero-order chi connectivity index (χ0) is 19.6. The van der Waals surface area contributed by atoms with E-state index in [4.69, 9.17) is 14.2 Å². The molecule has 0 saturated carbocycles. The molecule has 2 aromatic carbocycles. The van der Waals surface area contributed by atoms with Crippen LogP contribution in [0, 0.1) is 0 Å². The van der Waals surface area contributed by atoms with Crippen molar-refractivity contribution in [3.63, 3.8) is 0 Å². The van der Waals surface area contributed by atoms with Crippen molar-refractivity contribution in [2.45, 2.75) is 32.4 Å². The molecule has 6 nitrogen and oxygen atoms in total. The van der Waals surface area contributed by atoms with E-state index in [1.165, 1.54) is 14.2 Å². The van der Waals surface area contributed by atoms with Crippen LogP contribution >= 0.6 is 0 Å². The zero-order valence-electron chi connectivity index (χ0n) is 15.9. The Bertz CT molecular complexity index is 863. The van der Waals surface area contributed by atoms with Crippen LogP contribution in [0.1, 0.15) is 29.8 Å². The highest BCUT2D eigenvalue weighted by atomic mass is 16.5. The van der Waals surface area contributed by atoms with E-state index in [9.17, 15) is 9.59 Å². The summed E-state index contributed by atoms with van der Waals surface area (Å²) in [5, 5.41) is 0. The fourth-order valence-electron chi connectivity index (χ4n) is 3.34. The Morgan fingerprint density at radius 1 is 1.11 bits per heavy atom. The standard InChI is InChI=1S/C21H23NO5/c1-13-11-15-7-5-6-8-18(15)22(13)20(23)14(2)27-21(24)17-10-9-16(25-3)12-19(17)26-4/h5-10,12-14H,11H2,1-4H3/t13-,14-/m1/s1. The summed E-state index contributed by atoms with van der Waals surface area (Å²) in [6.45, 7) is 3.57. The van der Waals surface area contributed by atoms with Gasteiger partial charge >= 0.3 is 5.97 Å². The number of amides is 1. The first kappa shape index (κ1) is 18.8. The lowest BCUT2D eigenvalue weighted by Gasteiger charge is -2.26. The van der Waals surface area contributed by atoms with Crippen LogP contribution in [0.5, 0.6) is 11.5 Å². The van der Waals surface area contributed by atoms with Crippen LogP contribution < -0.4 is 14.4 Å². The lowest BCUT2D eigenvalue weighted by molar-refractivity contribution is -0.126. The average molecular weight is 369 g/mol. The largest absolute Gasteiger partial charge is 0.497 e. The third-order valence-electron chi connectivity index (χ3n) is 4.70. The first-order valence-corrected chi connectivity index (χ1v) is 8.80. The van der Waals surface area contributed by atoms with E-state index in [0.717, 1.165) is 17.7 Å². The van der Waals surface area contributed by atoms with Gasteiger partial charge in [-0.15, -0.1) is 0 Å². The molecule has 0 radical (unpaired) electrons. The minimum atomic E-state index is -0.919. The third kappa shape index (κ3) is 3.60. The van der Waals surface area contributed by atoms with Gasteiger partial charge in [0.2, 0.25) is 0 Å². The maximum atomic E-state index is 12.9. The Morgan fingerprint density at radius 2 is 1.85 bits per heavy atom. The normalized spacial score (nSPS) is 16.4. The van der Waals surface area contributed by atoms with Crippen LogP contribution in [0.25, 0.3) is 0 Å². The molecule has 0 fully saturated rings. The van der Waals surface area contributed by atoms with Crippen LogP contribution in [-0.2, 0) is 16.0 Å². The molecular weight excluding hydrogens is 346 g/mol. The van der Waals surface area contributed by atoms with E-state index in [-0.39, 0.29) is 17.5 Å². The van der Waals surface area contributed by atoms with E-state index in [1.54, 1.807) is 30.0 Å². The monoisotopic (exact) mass is 369 g/mol. The van der Waals surface area contributed by atoms with Gasteiger partial charge in [0.15, 0.2) is 6.10 Å². The summed E-state index contributed by atoms with van der Waals surface area (Å²) in [7, 11) is 2.99. The highest BCUT2D eigenvalue weighted by Gasteiger charge is 2.34. The lowest BCUT2D eigenvalue weighted by Crippen LogP contribution is -2.43. The predicted molar refractivity (Wildman–Crippen MR) is 102 cm³/mol. The lowest BCUT2D eigenvalue weighted by atomic mass is 10.1. The van der Waals surface area contributed by atoms with Crippen LogP contribution in [0.15, 0.2) is 42.5 Å². The van der Waals surface area contributed by atoms with Crippen LogP contribution in [0.4, 0.5) is 5.69 Å². The van der Waals surface area contributed by atoms with Crippen molar-refractivity contribution in [3.05, 3.63) is 53.6 Å². The Morgan fingerprint density at radius 3 is 2.56 bits per heavy atom. The Balaban J connectivity index is 1.76. The first-order chi connectivity index (χ1) is 13.0. The molecule has 1 aliphatic heterocycles. The molecule has 0 N–H and O–H groups in total. The second kappa shape index (κ2) is 7.70. The molecule has 142 valence electrons. The number of para-hydroxylation sites is 1. The number of fused-ring (bicyclic) bond motifs is 1. The number of anilines is 1. The minimum absolute atomic E-state index is 0.0200. The van der Waals surface area contributed by atoms with Gasteiger partial charge in [0.25, 0.3) is 5.91 Å². The Labute approximate surface area is 158 Å². The number of methoxy groups -OCH3 is 2. The Kier molecular flexibility index (Phi) is 5.35. The number of benzene rings is 2. The van der Waals surface area contributed by atoms with E-state index in [1.807, 2.05) is 31.2 Å². The summed E-state index contributed by atoms with van der Waals surface area (Å²) in [4.78, 5) is 27.2. The van der Waals surface area contributed by atoms with Crippen molar-refractivity contribution in [2.24, 2.45) is 0 Å². The highest BCUT2D eigenvalue weighted by Crippen LogP contribution is 2.33. The third-order valence-corrected chi connectivity index (χ3v) is 4.70. The van der Waals surface area contributed by atoms with Crippen molar-refractivity contribution >= 4 is 17.6 Å². The average Bonchev–Trinajstić information content (AvgIpc) is 3.02. The van der Waals surface area contributed by atoms with Crippen LogP contribution in [-0.4, -0.2) is 38.2 Å². The molecule has 27 heavy (non-hydrogen) atoms. The molecule has 2 aromatic rings. The first-order valence-electron chi connectivity index (χ1n) is 8.80. The van der Waals surface area contributed by atoms with Gasteiger partial charge in [-0.3, -0.25) is 4.79 Å². The molecule has 2 atom stereocenters. The van der Waals surface area contributed by atoms with Gasteiger partial charge in [-0.2, -0.15) is 0 Å². The summed E-state index contributed by atoms with van der Waals surface area (Å²) >= 11 is 0. The zero-order valence-corrected chi connectivity index (χ0v) is 15.9. The van der Waals surface area contributed by atoms with Gasteiger partial charge in [0, 0.05) is 17.8 Å². The molecule has 1 amide bonds. The molecule has 0 unspecified atom stereocenters. The minimum Gasteiger partial charge on any atom is -0.497 e. The van der Waals surface area contributed by atoms with Gasteiger partial charge in [0.1, 0.15) is 17.1 Å². The number of esters is 1. The fourth-order valence-corrected chi connectivity index (χ4v) is 3.34. The number of hydrogen-bond acceptors (Lipinski definition) is 5. The van der Waals surface area contributed by atoms with E-state index in [0.29, 0.717) is 11.5 Å². The van der Waals surface area contributed by atoms with Gasteiger partial charge in [-0.25, -0.2) is 4.79 Å². The molecule has 3 rings (SSSR count). The molecule has 0 bridgehead atoms. The van der Waals surface area contributed by atoms with Gasteiger partial charge < -0.3 is 19.1 Å². The molecule has 1 heterocycles. The SMILES string of the molecule is COc1ccc(C(=O)O[C@H](C)C(=O)N2c3ccccc3C[C@H]2C)c(OC)c1. The number of hydrogen-bond donors (Lipinski definition) is 0. The van der Waals surface area contributed by atoms with Crippen molar-refractivity contribution < 1.29 is 23.8 Å². The smallest absolute Gasteiger partial charge is 0.342 e. The summed E-state index contributed by atoms with van der Waals surface area (Å²) in [6, 6.07) is 12.6. The molecular formula is C21H23NO5. The fraction of sp³-hybridized carbons (Fsp3) is 0.333. The van der Waals surface area contributed by atoms with Crippen LogP contribution in [0.3, 0.4) is 0 Å². The van der Waals surface area contributed by atoms with Crippen molar-refractivity contribution in [1.29, 1.82) is 0 Å². The maximum absolute atomic E-state index is 12.9. The quantitative estimate of drug-likeness (QED) is 0.757. The van der Waals surface area contributed by atoms with E-state index < -0.39 is 12.1 Å². The van der Waals surface area contributed by atoms with Gasteiger partial charge in [-0.1, -0.05) is 18.2 Å². The van der Waals surface area contributed by atoms with Crippen molar-refractivity contribution in [1.82, 2.24) is 0 Å². The summed E-state index contributed by atoms with van der Waals surface area (Å²) in [6.07, 6.45) is -0.132. The van der Waals surface area contributed by atoms with Gasteiger partial charge in [-0.05, 0) is 44.0 Å². The maximum Gasteiger partial charge on any atom is 0.342 e. The summed E-state index contributed by atoms with van der Waals surface area (Å²) < 4.78 is 15.8.